The van der Waals surface area contributed by atoms with E-state index in [0.29, 0.717) is 13.1 Å². The Bertz CT molecular complexity index is 331. The summed E-state index contributed by atoms with van der Waals surface area (Å²) < 4.78 is 0. The van der Waals surface area contributed by atoms with Crippen LogP contribution in [-0.4, -0.2) is 29.7 Å². The van der Waals surface area contributed by atoms with Gasteiger partial charge < -0.3 is 10.8 Å². The van der Waals surface area contributed by atoms with E-state index in [2.05, 4.69) is 11.8 Å². The Morgan fingerprint density at radius 1 is 1.44 bits per heavy atom. The Labute approximate surface area is 102 Å². The van der Waals surface area contributed by atoms with Gasteiger partial charge in [0, 0.05) is 24.7 Å². The molecule has 0 saturated heterocycles. The van der Waals surface area contributed by atoms with Crippen molar-refractivity contribution in [3.05, 3.63) is 34.3 Å². The van der Waals surface area contributed by atoms with Crippen molar-refractivity contribution in [2.75, 3.05) is 19.7 Å². The summed E-state index contributed by atoms with van der Waals surface area (Å²) in [5, 5.41) is 9.66. The van der Waals surface area contributed by atoms with Gasteiger partial charge in [0.15, 0.2) is 0 Å². The second-order valence-electron chi connectivity index (χ2n) is 3.72. The molecule has 0 aliphatic carbocycles. The molecule has 0 saturated carbocycles. The maximum Gasteiger partial charge on any atom is 0.0558 e. The first kappa shape index (κ1) is 13.5. The van der Waals surface area contributed by atoms with Crippen LogP contribution in [0.1, 0.15) is 18.1 Å². The fourth-order valence-electron chi connectivity index (χ4n) is 1.58. The van der Waals surface area contributed by atoms with Gasteiger partial charge in [0.2, 0.25) is 0 Å². The van der Waals surface area contributed by atoms with Gasteiger partial charge in [-0.25, -0.2) is 0 Å². The second kappa shape index (κ2) is 6.86. The normalized spacial score (nSPS) is 11.1. The maximum atomic E-state index is 8.91. The molecule has 0 spiro atoms. The Balaban J connectivity index is 2.72. The highest BCUT2D eigenvalue weighted by molar-refractivity contribution is 6.31. The van der Waals surface area contributed by atoms with Crippen molar-refractivity contribution in [3.8, 4) is 0 Å². The topological polar surface area (TPSA) is 49.5 Å². The molecule has 4 heteroatoms. The molecule has 0 unspecified atom stereocenters. The monoisotopic (exact) mass is 242 g/mol. The lowest BCUT2D eigenvalue weighted by Gasteiger charge is -2.20. The number of hydrogen-bond donors (Lipinski definition) is 2. The van der Waals surface area contributed by atoms with Crippen LogP contribution < -0.4 is 5.73 Å². The summed E-state index contributed by atoms with van der Waals surface area (Å²) in [5.74, 6) is 0. The van der Waals surface area contributed by atoms with Gasteiger partial charge in [-0.05, 0) is 23.7 Å². The molecule has 90 valence electrons. The van der Waals surface area contributed by atoms with E-state index in [-0.39, 0.29) is 6.61 Å². The van der Waals surface area contributed by atoms with E-state index >= 15 is 0 Å². The molecule has 3 nitrogen and oxygen atoms in total. The van der Waals surface area contributed by atoms with E-state index in [4.69, 9.17) is 22.4 Å². The van der Waals surface area contributed by atoms with Gasteiger partial charge in [-0.3, -0.25) is 4.90 Å². The van der Waals surface area contributed by atoms with Crippen molar-refractivity contribution >= 4 is 11.6 Å². The van der Waals surface area contributed by atoms with Crippen LogP contribution in [0.5, 0.6) is 0 Å². The Morgan fingerprint density at radius 3 is 2.69 bits per heavy atom. The molecule has 0 aromatic heterocycles. The SMILES string of the molecule is CCN(CCO)Cc1ccc(CN)cc1Cl. The van der Waals surface area contributed by atoms with Crippen LogP contribution in [0.15, 0.2) is 18.2 Å². The number of likely N-dealkylation sites (N-methyl/N-ethyl adjacent to an activating group) is 1. The van der Waals surface area contributed by atoms with Crippen LogP contribution in [0.4, 0.5) is 0 Å². The number of aliphatic hydroxyl groups excluding tert-OH is 1. The van der Waals surface area contributed by atoms with E-state index in [9.17, 15) is 0 Å². The minimum atomic E-state index is 0.173. The van der Waals surface area contributed by atoms with Crippen molar-refractivity contribution in [3.63, 3.8) is 0 Å². The summed E-state index contributed by atoms with van der Waals surface area (Å²) in [6.07, 6.45) is 0. The van der Waals surface area contributed by atoms with Crippen molar-refractivity contribution < 1.29 is 5.11 Å². The quantitative estimate of drug-likeness (QED) is 0.797. The summed E-state index contributed by atoms with van der Waals surface area (Å²) >= 11 is 6.16. The molecule has 0 aliphatic rings. The highest BCUT2D eigenvalue weighted by atomic mass is 35.5. The molecule has 0 fully saturated rings. The third-order valence-electron chi connectivity index (χ3n) is 2.61. The minimum Gasteiger partial charge on any atom is -0.395 e. The fraction of sp³-hybridized carbons (Fsp3) is 0.500. The number of rotatable bonds is 6. The number of benzene rings is 1. The second-order valence-corrected chi connectivity index (χ2v) is 4.13. The zero-order valence-corrected chi connectivity index (χ0v) is 10.4. The standard InChI is InChI=1S/C12H19ClN2O/c1-2-15(5-6-16)9-11-4-3-10(8-14)7-12(11)13/h3-4,7,16H,2,5-6,8-9,14H2,1H3. The van der Waals surface area contributed by atoms with Crippen LogP contribution in [0.2, 0.25) is 5.02 Å². The van der Waals surface area contributed by atoms with Gasteiger partial charge in [0.25, 0.3) is 0 Å². The maximum absolute atomic E-state index is 8.91. The predicted molar refractivity (Wildman–Crippen MR) is 67.4 cm³/mol. The molecule has 0 bridgehead atoms. The largest absolute Gasteiger partial charge is 0.395 e. The van der Waals surface area contributed by atoms with Crippen LogP contribution in [0.25, 0.3) is 0 Å². The lowest BCUT2D eigenvalue weighted by Crippen LogP contribution is -2.26. The predicted octanol–water partition coefficient (Wildman–Crippen LogP) is 1.61. The third kappa shape index (κ3) is 3.76. The number of nitrogens with zero attached hydrogens (tertiary/aromatic N) is 1. The van der Waals surface area contributed by atoms with Gasteiger partial charge in [0.1, 0.15) is 0 Å². The third-order valence-corrected chi connectivity index (χ3v) is 2.96. The van der Waals surface area contributed by atoms with Gasteiger partial charge in [-0.1, -0.05) is 30.7 Å². The molecule has 0 heterocycles. The van der Waals surface area contributed by atoms with Crippen LogP contribution in [0, 0.1) is 0 Å². The Hall–Kier alpha value is -0.610. The van der Waals surface area contributed by atoms with E-state index in [0.717, 1.165) is 29.2 Å². The molecule has 0 atom stereocenters. The fourth-order valence-corrected chi connectivity index (χ4v) is 1.84. The first-order chi connectivity index (χ1) is 7.71. The zero-order valence-electron chi connectivity index (χ0n) is 9.62. The van der Waals surface area contributed by atoms with Crippen molar-refractivity contribution in [2.24, 2.45) is 5.73 Å². The van der Waals surface area contributed by atoms with Gasteiger partial charge >= 0.3 is 0 Å². The van der Waals surface area contributed by atoms with Gasteiger partial charge in [-0.2, -0.15) is 0 Å². The first-order valence-corrected chi connectivity index (χ1v) is 5.89. The number of nitrogens with two attached hydrogens (primary N) is 1. The highest BCUT2D eigenvalue weighted by Gasteiger charge is 2.06. The number of aliphatic hydroxyl groups is 1. The summed E-state index contributed by atoms with van der Waals surface area (Å²) in [7, 11) is 0. The smallest absolute Gasteiger partial charge is 0.0558 e. The Kier molecular flexibility index (Phi) is 5.77. The average molecular weight is 243 g/mol. The lowest BCUT2D eigenvalue weighted by molar-refractivity contribution is 0.197. The molecular weight excluding hydrogens is 224 g/mol. The van der Waals surface area contributed by atoms with Crippen LogP contribution in [-0.2, 0) is 13.1 Å². The number of hydrogen-bond acceptors (Lipinski definition) is 3. The molecule has 1 aromatic rings. The molecule has 1 aromatic carbocycles. The van der Waals surface area contributed by atoms with Crippen molar-refractivity contribution in [2.45, 2.75) is 20.0 Å². The summed E-state index contributed by atoms with van der Waals surface area (Å²) in [6.45, 7) is 5.08. The molecule has 0 aliphatic heterocycles. The number of halogens is 1. The molecule has 16 heavy (non-hydrogen) atoms. The minimum absolute atomic E-state index is 0.173. The molecule has 1 rings (SSSR count). The van der Waals surface area contributed by atoms with E-state index in [1.54, 1.807) is 0 Å². The Morgan fingerprint density at radius 2 is 2.19 bits per heavy atom. The van der Waals surface area contributed by atoms with Crippen molar-refractivity contribution in [1.82, 2.24) is 4.90 Å². The molecular formula is C12H19ClN2O. The van der Waals surface area contributed by atoms with Gasteiger partial charge in [0.05, 0.1) is 6.61 Å². The van der Waals surface area contributed by atoms with E-state index in [1.807, 2.05) is 18.2 Å². The van der Waals surface area contributed by atoms with Gasteiger partial charge in [-0.15, -0.1) is 0 Å². The van der Waals surface area contributed by atoms with E-state index < -0.39 is 0 Å². The first-order valence-electron chi connectivity index (χ1n) is 5.51. The lowest BCUT2D eigenvalue weighted by atomic mass is 10.1. The summed E-state index contributed by atoms with van der Waals surface area (Å²) in [4.78, 5) is 2.14. The van der Waals surface area contributed by atoms with Crippen molar-refractivity contribution in [1.29, 1.82) is 0 Å². The molecule has 3 N–H and O–H groups in total. The average Bonchev–Trinajstić information content (AvgIpc) is 2.30. The zero-order chi connectivity index (χ0) is 12.0. The van der Waals surface area contributed by atoms with E-state index in [1.165, 1.54) is 0 Å². The molecule has 0 amide bonds. The van der Waals surface area contributed by atoms with Crippen LogP contribution in [0.3, 0.4) is 0 Å². The summed E-state index contributed by atoms with van der Waals surface area (Å²) in [6, 6.07) is 5.90. The molecule has 0 radical (unpaired) electrons. The summed E-state index contributed by atoms with van der Waals surface area (Å²) in [5.41, 5.74) is 7.66. The highest BCUT2D eigenvalue weighted by Crippen LogP contribution is 2.19. The van der Waals surface area contributed by atoms with Crippen LogP contribution >= 0.6 is 11.6 Å².